The fourth-order valence-corrected chi connectivity index (χ4v) is 3.33. The van der Waals surface area contributed by atoms with E-state index in [4.69, 9.17) is 9.15 Å². The van der Waals surface area contributed by atoms with Gasteiger partial charge in [0, 0.05) is 25.2 Å². The Hall–Kier alpha value is -2.34. The van der Waals surface area contributed by atoms with Crippen molar-refractivity contribution in [3.8, 4) is 5.75 Å². The molecule has 1 aliphatic rings. The van der Waals surface area contributed by atoms with Gasteiger partial charge < -0.3 is 19.0 Å². The molecule has 1 fully saturated rings. The first-order valence-electron chi connectivity index (χ1n) is 9.00. The number of carbonyl (C=O) groups excluding carboxylic acids is 1. The quantitative estimate of drug-likeness (QED) is 0.788. The molecule has 0 N–H and O–H groups in total. The van der Waals surface area contributed by atoms with E-state index in [1.165, 1.54) is 0 Å². The number of benzene rings is 1. The SMILES string of the molecule is Cc1cc(OCC(=O)N2CCCN(C)CC2)c2c(C)c(C)c(=O)oc2c1. The van der Waals surface area contributed by atoms with E-state index in [1.807, 2.05) is 30.9 Å². The molecule has 1 aliphatic heterocycles. The third kappa shape index (κ3) is 3.75. The Balaban J connectivity index is 1.83. The number of fused-ring (bicyclic) bond motifs is 1. The van der Waals surface area contributed by atoms with Crippen molar-refractivity contribution < 1.29 is 13.9 Å². The largest absolute Gasteiger partial charge is 0.483 e. The van der Waals surface area contributed by atoms with Crippen molar-refractivity contribution in [1.29, 1.82) is 0 Å². The zero-order chi connectivity index (χ0) is 18.8. The summed E-state index contributed by atoms with van der Waals surface area (Å²) >= 11 is 0. The van der Waals surface area contributed by atoms with Crippen LogP contribution in [0, 0.1) is 20.8 Å². The molecule has 3 rings (SSSR count). The molecule has 2 heterocycles. The van der Waals surface area contributed by atoms with Crippen LogP contribution in [-0.4, -0.2) is 55.5 Å². The molecule has 0 atom stereocenters. The summed E-state index contributed by atoms with van der Waals surface area (Å²) in [6.07, 6.45) is 0.971. The number of hydrogen-bond donors (Lipinski definition) is 0. The number of amides is 1. The average Bonchev–Trinajstić information content (AvgIpc) is 2.81. The van der Waals surface area contributed by atoms with E-state index in [0.717, 1.165) is 49.1 Å². The van der Waals surface area contributed by atoms with Gasteiger partial charge in [-0.2, -0.15) is 0 Å². The standard InChI is InChI=1S/C20H26N2O4/c1-13-10-16(19-14(2)15(3)20(24)26-17(19)11-13)25-12-18(23)22-7-5-6-21(4)8-9-22/h10-11H,5-9,12H2,1-4H3. The molecule has 0 spiro atoms. The van der Waals surface area contributed by atoms with Crippen LogP contribution in [0.5, 0.6) is 5.75 Å². The molecule has 0 saturated carbocycles. The topological polar surface area (TPSA) is 63.0 Å². The van der Waals surface area contributed by atoms with Gasteiger partial charge in [-0.25, -0.2) is 4.79 Å². The predicted octanol–water partition coefficient (Wildman–Crippen LogP) is 2.26. The van der Waals surface area contributed by atoms with E-state index in [0.29, 0.717) is 16.9 Å². The van der Waals surface area contributed by atoms with E-state index in [2.05, 4.69) is 11.9 Å². The average molecular weight is 358 g/mol. The van der Waals surface area contributed by atoms with Crippen LogP contribution in [0.4, 0.5) is 0 Å². The minimum Gasteiger partial charge on any atom is -0.483 e. The van der Waals surface area contributed by atoms with Gasteiger partial charge in [0.05, 0.1) is 5.39 Å². The number of hydrogen-bond acceptors (Lipinski definition) is 5. The van der Waals surface area contributed by atoms with Crippen molar-refractivity contribution in [1.82, 2.24) is 9.80 Å². The van der Waals surface area contributed by atoms with Crippen LogP contribution < -0.4 is 10.4 Å². The zero-order valence-corrected chi connectivity index (χ0v) is 15.9. The monoisotopic (exact) mass is 358 g/mol. The van der Waals surface area contributed by atoms with Gasteiger partial charge >= 0.3 is 5.63 Å². The fraction of sp³-hybridized carbons (Fsp3) is 0.500. The molecular formula is C20H26N2O4. The predicted molar refractivity (Wildman–Crippen MR) is 101 cm³/mol. The van der Waals surface area contributed by atoms with Crippen LogP contribution in [0.15, 0.2) is 21.3 Å². The van der Waals surface area contributed by atoms with Gasteiger partial charge in [-0.05, 0) is 64.0 Å². The summed E-state index contributed by atoms with van der Waals surface area (Å²) in [6, 6.07) is 3.71. The highest BCUT2D eigenvalue weighted by Gasteiger charge is 2.19. The van der Waals surface area contributed by atoms with Crippen LogP contribution >= 0.6 is 0 Å². The maximum atomic E-state index is 12.6. The van der Waals surface area contributed by atoms with Crippen molar-refractivity contribution >= 4 is 16.9 Å². The fourth-order valence-electron chi connectivity index (χ4n) is 3.33. The van der Waals surface area contributed by atoms with E-state index < -0.39 is 0 Å². The lowest BCUT2D eigenvalue weighted by atomic mass is 10.0. The molecule has 1 aromatic carbocycles. The first-order valence-corrected chi connectivity index (χ1v) is 9.00. The smallest absolute Gasteiger partial charge is 0.339 e. The molecule has 6 nitrogen and oxygen atoms in total. The molecule has 1 amide bonds. The molecule has 0 aliphatic carbocycles. The Kier molecular flexibility index (Phi) is 5.32. The Morgan fingerprint density at radius 2 is 1.88 bits per heavy atom. The molecule has 2 aromatic rings. The molecular weight excluding hydrogens is 332 g/mol. The number of rotatable bonds is 3. The van der Waals surface area contributed by atoms with E-state index in [1.54, 1.807) is 6.92 Å². The van der Waals surface area contributed by atoms with Gasteiger partial charge in [-0.3, -0.25) is 4.79 Å². The van der Waals surface area contributed by atoms with E-state index in [-0.39, 0.29) is 18.1 Å². The van der Waals surface area contributed by atoms with Crippen molar-refractivity contribution in [2.24, 2.45) is 0 Å². The first-order chi connectivity index (χ1) is 12.4. The van der Waals surface area contributed by atoms with Crippen molar-refractivity contribution in [3.05, 3.63) is 39.2 Å². The normalized spacial score (nSPS) is 15.9. The number of aryl methyl sites for hydroxylation is 2. The third-order valence-corrected chi connectivity index (χ3v) is 5.08. The van der Waals surface area contributed by atoms with Crippen LogP contribution in [0.25, 0.3) is 11.0 Å². The lowest BCUT2D eigenvalue weighted by Gasteiger charge is -2.21. The summed E-state index contributed by atoms with van der Waals surface area (Å²) in [5.74, 6) is 0.575. The molecule has 0 bridgehead atoms. The second-order valence-electron chi connectivity index (χ2n) is 7.10. The Morgan fingerprint density at radius 1 is 1.12 bits per heavy atom. The summed E-state index contributed by atoms with van der Waals surface area (Å²) in [4.78, 5) is 28.6. The van der Waals surface area contributed by atoms with Crippen LogP contribution in [-0.2, 0) is 4.79 Å². The first kappa shape index (κ1) is 18.5. The third-order valence-electron chi connectivity index (χ3n) is 5.08. The van der Waals surface area contributed by atoms with Crippen LogP contribution in [0.1, 0.15) is 23.1 Å². The van der Waals surface area contributed by atoms with Crippen LogP contribution in [0.3, 0.4) is 0 Å². The van der Waals surface area contributed by atoms with Crippen LogP contribution in [0.2, 0.25) is 0 Å². The highest BCUT2D eigenvalue weighted by Crippen LogP contribution is 2.30. The minimum atomic E-state index is -0.337. The van der Waals surface area contributed by atoms with Crippen molar-refractivity contribution in [2.45, 2.75) is 27.2 Å². The summed E-state index contributed by atoms with van der Waals surface area (Å²) in [6.45, 7) is 8.88. The van der Waals surface area contributed by atoms with Gasteiger partial charge in [0.15, 0.2) is 6.61 Å². The highest BCUT2D eigenvalue weighted by atomic mass is 16.5. The molecule has 140 valence electrons. The summed E-state index contributed by atoms with van der Waals surface area (Å²) < 4.78 is 11.3. The molecule has 1 saturated heterocycles. The number of nitrogens with zero attached hydrogens (tertiary/aromatic N) is 2. The Bertz CT molecular complexity index is 887. The van der Waals surface area contributed by atoms with Gasteiger partial charge in [0.2, 0.25) is 0 Å². The summed E-state index contributed by atoms with van der Waals surface area (Å²) in [5, 5.41) is 0.760. The molecule has 1 aromatic heterocycles. The highest BCUT2D eigenvalue weighted by molar-refractivity contribution is 5.88. The summed E-state index contributed by atoms with van der Waals surface area (Å²) in [5.41, 5.74) is 2.47. The van der Waals surface area contributed by atoms with Gasteiger partial charge in [-0.15, -0.1) is 0 Å². The van der Waals surface area contributed by atoms with E-state index in [9.17, 15) is 9.59 Å². The lowest BCUT2D eigenvalue weighted by molar-refractivity contribution is -0.133. The lowest BCUT2D eigenvalue weighted by Crippen LogP contribution is -2.37. The number of ether oxygens (including phenoxy) is 1. The molecule has 0 unspecified atom stereocenters. The van der Waals surface area contributed by atoms with E-state index >= 15 is 0 Å². The van der Waals surface area contributed by atoms with Gasteiger partial charge in [0.25, 0.3) is 5.91 Å². The van der Waals surface area contributed by atoms with Crippen molar-refractivity contribution in [3.63, 3.8) is 0 Å². The molecule has 6 heteroatoms. The summed E-state index contributed by atoms with van der Waals surface area (Å²) in [7, 11) is 2.07. The number of carbonyl (C=O) groups is 1. The maximum Gasteiger partial charge on any atom is 0.339 e. The second-order valence-corrected chi connectivity index (χ2v) is 7.10. The number of likely N-dealkylation sites (N-methyl/N-ethyl adjacent to an activating group) is 1. The Morgan fingerprint density at radius 3 is 2.65 bits per heavy atom. The zero-order valence-electron chi connectivity index (χ0n) is 15.9. The minimum absolute atomic E-state index is 0.0123. The molecule has 0 radical (unpaired) electrons. The second kappa shape index (κ2) is 7.50. The van der Waals surface area contributed by atoms with Gasteiger partial charge in [-0.1, -0.05) is 0 Å². The molecule has 26 heavy (non-hydrogen) atoms. The maximum absolute atomic E-state index is 12.6. The van der Waals surface area contributed by atoms with Gasteiger partial charge in [0.1, 0.15) is 11.3 Å². The Labute approximate surface area is 153 Å². The van der Waals surface area contributed by atoms with Crippen molar-refractivity contribution in [2.75, 3.05) is 39.8 Å².